The highest BCUT2D eigenvalue weighted by Gasteiger charge is 2.24. The number of carbonyl (C=O) groups excluding carboxylic acids is 1. The second-order valence-electron chi connectivity index (χ2n) is 6.38. The molecule has 3 rings (SSSR count). The number of nitrogens with one attached hydrogen (secondary N) is 1. The Hall–Kier alpha value is -1.59. The number of thiophene rings is 1. The van der Waals surface area contributed by atoms with E-state index in [1.54, 1.807) is 12.3 Å². The third-order valence-corrected chi connectivity index (χ3v) is 5.33. The molecule has 0 spiro atoms. The van der Waals surface area contributed by atoms with E-state index in [4.69, 9.17) is 4.42 Å². The number of hydrogen-bond donors (Lipinski definition) is 1. The van der Waals surface area contributed by atoms with Crippen molar-refractivity contribution in [1.82, 2.24) is 10.2 Å². The van der Waals surface area contributed by atoms with Gasteiger partial charge in [-0.15, -0.1) is 11.3 Å². The molecule has 2 aromatic rings. The van der Waals surface area contributed by atoms with Crippen LogP contribution in [0.5, 0.6) is 0 Å². The number of carbonyl (C=O) groups is 1. The van der Waals surface area contributed by atoms with Crippen molar-refractivity contribution in [2.24, 2.45) is 5.92 Å². The quantitative estimate of drug-likeness (QED) is 0.882. The number of likely N-dealkylation sites (tertiary alicyclic amines) is 1. The number of piperidine rings is 1. The highest BCUT2D eigenvalue weighted by atomic mass is 32.1. The summed E-state index contributed by atoms with van der Waals surface area (Å²) in [6, 6.07) is 6.58. The SMILES string of the molecule is CC(CNC1CCN(C(=O)c2ccoc2)CC1)Cc1cccs1. The van der Waals surface area contributed by atoms with E-state index in [9.17, 15) is 4.79 Å². The zero-order chi connectivity index (χ0) is 16.1. The fourth-order valence-electron chi connectivity index (χ4n) is 3.07. The average molecular weight is 332 g/mol. The molecule has 1 N–H and O–H groups in total. The molecule has 1 atom stereocenters. The summed E-state index contributed by atoms with van der Waals surface area (Å²) in [4.78, 5) is 15.6. The maximum absolute atomic E-state index is 12.3. The molecule has 5 heteroatoms. The van der Waals surface area contributed by atoms with E-state index in [2.05, 4.69) is 29.8 Å². The molecule has 1 fully saturated rings. The number of rotatable bonds is 6. The molecular formula is C18H24N2O2S. The summed E-state index contributed by atoms with van der Waals surface area (Å²) in [5.74, 6) is 0.725. The van der Waals surface area contributed by atoms with Crippen LogP contribution >= 0.6 is 11.3 Å². The van der Waals surface area contributed by atoms with Crippen molar-refractivity contribution in [1.29, 1.82) is 0 Å². The van der Waals surface area contributed by atoms with Crippen molar-refractivity contribution in [3.63, 3.8) is 0 Å². The normalized spacial score (nSPS) is 17.3. The van der Waals surface area contributed by atoms with Gasteiger partial charge in [-0.25, -0.2) is 0 Å². The third kappa shape index (κ3) is 4.45. The summed E-state index contributed by atoms with van der Waals surface area (Å²) in [6.07, 6.45) is 6.27. The number of furan rings is 1. The van der Waals surface area contributed by atoms with Crippen molar-refractivity contribution in [2.45, 2.75) is 32.2 Å². The molecule has 4 nitrogen and oxygen atoms in total. The first kappa shape index (κ1) is 16.3. The van der Waals surface area contributed by atoms with Crippen LogP contribution in [0.4, 0.5) is 0 Å². The van der Waals surface area contributed by atoms with Crippen molar-refractivity contribution < 1.29 is 9.21 Å². The van der Waals surface area contributed by atoms with E-state index in [1.165, 1.54) is 11.1 Å². The van der Waals surface area contributed by atoms with Gasteiger partial charge in [0, 0.05) is 24.0 Å². The third-order valence-electron chi connectivity index (χ3n) is 4.44. The maximum atomic E-state index is 12.3. The molecule has 0 bridgehead atoms. The van der Waals surface area contributed by atoms with Gasteiger partial charge in [0.25, 0.3) is 5.91 Å². The predicted octanol–water partition coefficient (Wildman–Crippen LogP) is 3.41. The smallest absolute Gasteiger partial charge is 0.257 e. The Labute approximate surface area is 141 Å². The van der Waals surface area contributed by atoms with Gasteiger partial charge in [-0.1, -0.05) is 13.0 Å². The molecule has 0 saturated carbocycles. The zero-order valence-electron chi connectivity index (χ0n) is 13.5. The molecule has 124 valence electrons. The van der Waals surface area contributed by atoms with Crippen LogP contribution in [0.1, 0.15) is 35.0 Å². The molecule has 0 aliphatic carbocycles. The average Bonchev–Trinajstić information content (AvgIpc) is 3.26. The highest BCUT2D eigenvalue weighted by molar-refractivity contribution is 7.09. The molecule has 1 amide bonds. The van der Waals surface area contributed by atoms with Crippen LogP contribution in [0.15, 0.2) is 40.5 Å². The number of amides is 1. The minimum absolute atomic E-state index is 0.0864. The Balaban J connectivity index is 1.38. The van der Waals surface area contributed by atoms with Gasteiger partial charge in [0.1, 0.15) is 6.26 Å². The first-order valence-electron chi connectivity index (χ1n) is 8.29. The highest BCUT2D eigenvalue weighted by Crippen LogP contribution is 2.16. The largest absolute Gasteiger partial charge is 0.472 e. The lowest BCUT2D eigenvalue weighted by Gasteiger charge is -2.32. The molecule has 1 aliphatic heterocycles. The minimum atomic E-state index is 0.0864. The molecule has 23 heavy (non-hydrogen) atoms. The molecule has 1 saturated heterocycles. The Bertz CT molecular complexity index is 587. The second-order valence-corrected chi connectivity index (χ2v) is 7.41. The van der Waals surface area contributed by atoms with Crippen molar-refractivity contribution in [2.75, 3.05) is 19.6 Å². The molecular weight excluding hydrogens is 308 g/mol. The summed E-state index contributed by atoms with van der Waals surface area (Å²) < 4.78 is 5.00. The summed E-state index contributed by atoms with van der Waals surface area (Å²) in [5, 5.41) is 5.82. The Morgan fingerprint density at radius 3 is 2.91 bits per heavy atom. The topological polar surface area (TPSA) is 45.5 Å². The number of nitrogens with zero attached hydrogens (tertiary/aromatic N) is 1. The van der Waals surface area contributed by atoms with Crippen LogP contribution in [-0.2, 0) is 6.42 Å². The number of hydrogen-bond acceptors (Lipinski definition) is 4. The monoisotopic (exact) mass is 332 g/mol. The van der Waals surface area contributed by atoms with Gasteiger partial charge in [-0.3, -0.25) is 4.79 Å². The maximum Gasteiger partial charge on any atom is 0.257 e. The molecule has 1 unspecified atom stereocenters. The second kappa shape index (κ2) is 7.79. The molecule has 2 aromatic heterocycles. The van der Waals surface area contributed by atoms with Gasteiger partial charge in [-0.05, 0) is 49.2 Å². The fourth-order valence-corrected chi connectivity index (χ4v) is 3.94. The Morgan fingerprint density at radius 2 is 2.26 bits per heavy atom. The predicted molar refractivity (Wildman–Crippen MR) is 92.8 cm³/mol. The zero-order valence-corrected chi connectivity index (χ0v) is 14.3. The molecule has 1 aliphatic rings. The first-order valence-corrected chi connectivity index (χ1v) is 9.17. The van der Waals surface area contributed by atoms with E-state index in [1.807, 2.05) is 16.2 Å². The van der Waals surface area contributed by atoms with Crippen LogP contribution in [0.2, 0.25) is 0 Å². The lowest BCUT2D eigenvalue weighted by atomic mass is 10.0. The molecule has 0 aromatic carbocycles. The van der Waals surface area contributed by atoms with Crippen LogP contribution in [0.3, 0.4) is 0 Å². The Morgan fingerprint density at radius 1 is 1.43 bits per heavy atom. The van der Waals surface area contributed by atoms with Crippen LogP contribution in [-0.4, -0.2) is 36.5 Å². The lowest BCUT2D eigenvalue weighted by Crippen LogP contribution is -2.45. The van der Waals surface area contributed by atoms with Gasteiger partial charge in [0.05, 0.1) is 11.8 Å². The molecule has 3 heterocycles. The Kier molecular flexibility index (Phi) is 5.51. The molecule has 0 radical (unpaired) electrons. The van der Waals surface area contributed by atoms with E-state index in [-0.39, 0.29) is 5.91 Å². The van der Waals surface area contributed by atoms with E-state index in [0.29, 0.717) is 17.5 Å². The lowest BCUT2D eigenvalue weighted by molar-refractivity contribution is 0.0703. The summed E-state index contributed by atoms with van der Waals surface area (Å²) in [6.45, 7) is 4.98. The van der Waals surface area contributed by atoms with Gasteiger partial charge in [0.2, 0.25) is 0 Å². The summed E-state index contributed by atoms with van der Waals surface area (Å²) in [7, 11) is 0. The first-order chi connectivity index (χ1) is 11.2. The fraction of sp³-hybridized carbons (Fsp3) is 0.500. The van der Waals surface area contributed by atoms with Gasteiger partial charge in [0.15, 0.2) is 0 Å². The summed E-state index contributed by atoms with van der Waals surface area (Å²) in [5.41, 5.74) is 0.654. The van der Waals surface area contributed by atoms with Crippen molar-refractivity contribution in [3.8, 4) is 0 Å². The standard InChI is InChI=1S/C18H24N2O2S/c1-14(11-17-3-2-10-23-17)12-19-16-4-7-20(8-5-16)18(21)15-6-9-22-13-15/h2-3,6,9-10,13-14,16,19H,4-5,7-8,11-12H2,1H3. The van der Waals surface area contributed by atoms with E-state index >= 15 is 0 Å². The van der Waals surface area contributed by atoms with Gasteiger partial charge >= 0.3 is 0 Å². The van der Waals surface area contributed by atoms with E-state index < -0.39 is 0 Å². The van der Waals surface area contributed by atoms with Crippen LogP contribution in [0.25, 0.3) is 0 Å². The van der Waals surface area contributed by atoms with E-state index in [0.717, 1.165) is 38.9 Å². The van der Waals surface area contributed by atoms with Crippen molar-refractivity contribution >= 4 is 17.2 Å². The van der Waals surface area contributed by atoms with Crippen LogP contribution in [0, 0.1) is 5.92 Å². The van der Waals surface area contributed by atoms with Gasteiger partial charge in [-0.2, -0.15) is 0 Å². The van der Waals surface area contributed by atoms with Crippen LogP contribution < -0.4 is 5.32 Å². The summed E-state index contributed by atoms with van der Waals surface area (Å²) >= 11 is 1.84. The van der Waals surface area contributed by atoms with Gasteiger partial charge < -0.3 is 14.6 Å². The van der Waals surface area contributed by atoms with Crippen molar-refractivity contribution in [3.05, 3.63) is 46.5 Å². The minimum Gasteiger partial charge on any atom is -0.472 e.